The molecule has 38 heavy (non-hydrogen) atoms. The maximum atomic E-state index is 13.7. The van der Waals surface area contributed by atoms with Gasteiger partial charge in [-0.05, 0) is 50.6 Å². The number of thiazole rings is 1. The second-order valence-electron chi connectivity index (χ2n) is 9.90. The number of carbonyl (C=O) groups excluding carboxylic acids is 2. The zero-order valence-corrected chi connectivity index (χ0v) is 22.6. The highest BCUT2D eigenvalue weighted by Crippen LogP contribution is 2.33. The Balaban J connectivity index is 1.44. The number of likely N-dealkylation sites (tertiary alicyclic amines) is 1. The number of nitrogens with zero attached hydrogens (tertiary/aromatic N) is 5. The van der Waals surface area contributed by atoms with E-state index in [-0.39, 0.29) is 28.3 Å². The van der Waals surface area contributed by atoms with Gasteiger partial charge in [-0.3, -0.25) is 18.8 Å². The van der Waals surface area contributed by atoms with E-state index in [1.807, 2.05) is 21.4 Å². The summed E-state index contributed by atoms with van der Waals surface area (Å²) >= 11 is 7.72. The summed E-state index contributed by atoms with van der Waals surface area (Å²) < 4.78 is 2.74. The fourth-order valence-electron chi connectivity index (χ4n) is 5.43. The van der Waals surface area contributed by atoms with Crippen molar-refractivity contribution in [1.29, 1.82) is 0 Å². The first kappa shape index (κ1) is 25.0. The normalized spacial score (nSPS) is 18.2. The third kappa shape index (κ3) is 4.59. The van der Waals surface area contributed by atoms with Gasteiger partial charge in [0.25, 0.3) is 5.91 Å². The van der Waals surface area contributed by atoms with Crippen molar-refractivity contribution in [1.82, 2.24) is 29.9 Å². The summed E-state index contributed by atoms with van der Waals surface area (Å²) in [5.41, 5.74) is 0.913. The number of hydrogen-bond donors (Lipinski definition) is 2. The summed E-state index contributed by atoms with van der Waals surface area (Å²) in [7, 11) is 0. The zero-order chi connectivity index (χ0) is 26.4. The SMILES string of the molecule is CC(=O)NC1CCN(c2ncc3c(=O)c(C(=O)NCCN4CCCC4)c4sc5ccc(Cl)cc5n4c3n2)C1. The minimum absolute atomic E-state index is 0.0157. The van der Waals surface area contributed by atoms with Gasteiger partial charge in [0.1, 0.15) is 10.4 Å². The summed E-state index contributed by atoms with van der Waals surface area (Å²) in [6.45, 7) is 6.08. The quantitative estimate of drug-likeness (QED) is 0.377. The van der Waals surface area contributed by atoms with E-state index in [1.54, 1.807) is 6.07 Å². The number of pyridine rings is 1. The Morgan fingerprint density at radius 3 is 2.82 bits per heavy atom. The summed E-state index contributed by atoms with van der Waals surface area (Å²) in [5, 5.41) is 6.73. The smallest absolute Gasteiger partial charge is 0.258 e. The van der Waals surface area contributed by atoms with E-state index in [1.165, 1.54) is 37.3 Å². The maximum absolute atomic E-state index is 13.7. The number of nitrogens with one attached hydrogen (secondary N) is 2. The second kappa shape index (κ2) is 10.1. The van der Waals surface area contributed by atoms with Crippen LogP contribution in [0.1, 0.15) is 36.5 Å². The third-order valence-electron chi connectivity index (χ3n) is 7.24. The highest BCUT2D eigenvalue weighted by atomic mass is 35.5. The van der Waals surface area contributed by atoms with Crippen LogP contribution >= 0.6 is 22.9 Å². The van der Waals surface area contributed by atoms with Gasteiger partial charge in [0.15, 0.2) is 5.65 Å². The molecule has 2 amide bonds. The van der Waals surface area contributed by atoms with Gasteiger partial charge >= 0.3 is 0 Å². The first-order valence-electron chi connectivity index (χ1n) is 12.8. The number of rotatable bonds is 6. The Hall–Kier alpha value is -3.28. The summed E-state index contributed by atoms with van der Waals surface area (Å²) in [4.78, 5) is 52.8. The lowest BCUT2D eigenvalue weighted by Crippen LogP contribution is -2.36. The van der Waals surface area contributed by atoms with Crippen LogP contribution in [0.15, 0.2) is 29.2 Å². The van der Waals surface area contributed by atoms with E-state index in [4.69, 9.17) is 16.6 Å². The Morgan fingerprint density at radius 2 is 2.03 bits per heavy atom. The molecule has 2 aliphatic heterocycles. The molecule has 2 fully saturated rings. The minimum Gasteiger partial charge on any atom is -0.352 e. The molecule has 1 aromatic carbocycles. The van der Waals surface area contributed by atoms with Gasteiger partial charge in [-0.15, -0.1) is 11.3 Å². The molecule has 1 unspecified atom stereocenters. The highest BCUT2D eigenvalue weighted by molar-refractivity contribution is 7.24. The first-order chi connectivity index (χ1) is 18.4. The zero-order valence-electron chi connectivity index (χ0n) is 21.0. The largest absolute Gasteiger partial charge is 0.352 e. The molecule has 2 N–H and O–H groups in total. The van der Waals surface area contributed by atoms with Gasteiger partial charge < -0.3 is 20.4 Å². The molecule has 5 heterocycles. The van der Waals surface area contributed by atoms with E-state index in [0.29, 0.717) is 41.1 Å². The number of anilines is 1. The standard InChI is InChI=1S/C26H28ClN7O3S/c1-15(35)30-17-6-10-33(14-17)26-29-13-18-22(36)21(24(37)28-7-11-32-8-2-3-9-32)25-34(23(18)31-26)19-12-16(27)4-5-20(19)38-25/h4-5,12-13,17H,2-3,6-11,14H2,1H3,(H,28,37)(H,30,35). The second-order valence-corrected chi connectivity index (χ2v) is 11.4. The Labute approximate surface area is 227 Å². The van der Waals surface area contributed by atoms with E-state index < -0.39 is 5.91 Å². The van der Waals surface area contributed by atoms with Crippen LogP contribution < -0.4 is 21.0 Å². The average Bonchev–Trinajstić information content (AvgIpc) is 3.64. The van der Waals surface area contributed by atoms with Crippen LogP contribution in [-0.2, 0) is 4.79 Å². The number of carbonyl (C=O) groups is 2. The van der Waals surface area contributed by atoms with Crippen LogP contribution in [0.2, 0.25) is 5.02 Å². The number of halogens is 1. The fourth-order valence-corrected chi connectivity index (χ4v) is 6.76. The van der Waals surface area contributed by atoms with Gasteiger partial charge in [0.05, 0.1) is 15.6 Å². The number of fused-ring (bicyclic) bond motifs is 5. The van der Waals surface area contributed by atoms with Gasteiger partial charge in [0, 0.05) is 50.4 Å². The van der Waals surface area contributed by atoms with E-state index in [2.05, 4.69) is 20.5 Å². The van der Waals surface area contributed by atoms with E-state index in [9.17, 15) is 14.4 Å². The molecule has 198 valence electrons. The molecular formula is C26H28ClN7O3S. The molecule has 6 rings (SSSR count). The maximum Gasteiger partial charge on any atom is 0.258 e. The predicted octanol–water partition coefficient (Wildman–Crippen LogP) is 2.65. The van der Waals surface area contributed by atoms with Gasteiger partial charge in [-0.1, -0.05) is 11.6 Å². The Bertz CT molecular complexity index is 1630. The van der Waals surface area contributed by atoms with Crippen LogP contribution in [0.4, 0.5) is 5.95 Å². The lowest BCUT2D eigenvalue weighted by Gasteiger charge is -2.17. The van der Waals surface area contributed by atoms with Crippen LogP contribution in [0, 0.1) is 0 Å². The van der Waals surface area contributed by atoms with Gasteiger partial charge in [-0.25, -0.2) is 4.98 Å². The lowest BCUT2D eigenvalue weighted by molar-refractivity contribution is -0.119. The number of benzene rings is 1. The highest BCUT2D eigenvalue weighted by Gasteiger charge is 2.27. The van der Waals surface area contributed by atoms with Crippen LogP contribution in [0.3, 0.4) is 0 Å². The molecule has 1 atom stereocenters. The van der Waals surface area contributed by atoms with Gasteiger partial charge in [-0.2, -0.15) is 4.98 Å². The third-order valence-corrected chi connectivity index (χ3v) is 8.62. The van der Waals surface area contributed by atoms with Crippen LogP contribution in [0.5, 0.6) is 0 Å². The molecule has 4 aromatic rings. The molecule has 0 radical (unpaired) electrons. The molecule has 2 saturated heterocycles. The number of amides is 2. The van der Waals surface area contributed by atoms with Crippen molar-refractivity contribution >= 4 is 66.8 Å². The van der Waals surface area contributed by atoms with Crippen molar-refractivity contribution in [2.45, 2.75) is 32.2 Å². The average molecular weight is 554 g/mol. The molecule has 12 heteroatoms. The Kier molecular flexibility index (Phi) is 6.67. The molecule has 3 aromatic heterocycles. The van der Waals surface area contributed by atoms with Crippen molar-refractivity contribution in [2.75, 3.05) is 44.2 Å². The number of aromatic nitrogens is 3. The fraction of sp³-hybridized carbons (Fsp3) is 0.423. The number of hydrogen-bond acceptors (Lipinski definition) is 8. The summed E-state index contributed by atoms with van der Waals surface area (Å²) in [6, 6.07) is 5.52. The predicted molar refractivity (Wildman–Crippen MR) is 150 cm³/mol. The molecule has 0 bridgehead atoms. The van der Waals surface area contributed by atoms with Crippen LogP contribution in [-0.4, -0.2) is 76.4 Å². The van der Waals surface area contributed by atoms with Crippen molar-refractivity contribution in [3.63, 3.8) is 0 Å². The molecular weight excluding hydrogens is 526 g/mol. The molecule has 10 nitrogen and oxygen atoms in total. The van der Waals surface area contributed by atoms with Crippen molar-refractivity contribution in [3.8, 4) is 0 Å². The molecule has 0 spiro atoms. The Morgan fingerprint density at radius 1 is 1.21 bits per heavy atom. The summed E-state index contributed by atoms with van der Waals surface area (Å²) in [5.74, 6) is 0.00756. The molecule has 2 aliphatic rings. The molecule has 0 saturated carbocycles. The van der Waals surface area contributed by atoms with Crippen molar-refractivity contribution in [2.24, 2.45) is 0 Å². The minimum atomic E-state index is -0.395. The van der Waals surface area contributed by atoms with Gasteiger partial charge in [0.2, 0.25) is 17.3 Å². The van der Waals surface area contributed by atoms with Crippen molar-refractivity contribution < 1.29 is 9.59 Å². The van der Waals surface area contributed by atoms with E-state index in [0.717, 1.165) is 36.3 Å². The van der Waals surface area contributed by atoms with E-state index >= 15 is 0 Å². The first-order valence-corrected chi connectivity index (χ1v) is 14.0. The topological polar surface area (TPSA) is 112 Å². The lowest BCUT2D eigenvalue weighted by atomic mass is 10.2. The molecule has 0 aliphatic carbocycles. The summed E-state index contributed by atoms with van der Waals surface area (Å²) in [6.07, 6.45) is 4.65. The monoisotopic (exact) mass is 553 g/mol. The van der Waals surface area contributed by atoms with Crippen LogP contribution in [0.25, 0.3) is 26.1 Å². The van der Waals surface area contributed by atoms with Crippen molar-refractivity contribution in [3.05, 3.63) is 45.2 Å².